The number of rotatable bonds is 8. The van der Waals surface area contributed by atoms with Crippen molar-refractivity contribution in [1.29, 1.82) is 0 Å². The van der Waals surface area contributed by atoms with E-state index in [1.54, 1.807) is 61.7 Å². The second-order valence-electron chi connectivity index (χ2n) is 8.93. The average molecular weight is 553 g/mol. The Balaban J connectivity index is 1.48. The maximum absolute atomic E-state index is 13.5. The van der Waals surface area contributed by atoms with Crippen molar-refractivity contribution in [2.24, 2.45) is 0 Å². The Bertz CT molecular complexity index is 1650. The molecule has 0 saturated carbocycles. The summed E-state index contributed by atoms with van der Waals surface area (Å²) in [5.41, 5.74) is 2.85. The van der Waals surface area contributed by atoms with Gasteiger partial charge in [0.1, 0.15) is 5.82 Å². The van der Waals surface area contributed by atoms with Crippen molar-refractivity contribution in [3.05, 3.63) is 130 Å². The van der Waals surface area contributed by atoms with Gasteiger partial charge in [-0.2, -0.15) is 0 Å². The van der Waals surface area contributed by atoms with E-state index >= 15 is 0 Å². The molecule has 2 N–H and O–H groups in total. The molecule has 2 amide bonds. The highest BCUT2D eigenvalue weighted by atomic mass is 19.1. The molecule has 0 bridgehead atoms. The molecule has 4 rings (SSSR count). The molecule has 4 aromatic rings. The number of aromatic carboxylic acids is 1. The van der Waals surface area contributed by atoms with E-state index in [2.05, 4.69) is 5.32 Å². The Hall–Kier alpha value is -5.57. The minimum Gasteiger partial charge on any atom is -0.478 e. The van der Waals surface area contributed by atoms with Crippen LogP contribution in [0.25, 0.3) is 12.2 Å². The number of methoxy groups -OCH3 is 1. The molecule has 0 aliphatic heterocycles. The Labute approximate surface area is 235 Å². The molecule has 0 unspecified atom stereocenters. The third kappa shape index (κ3) is 6.90. The lowest BCUT2D eigenvalue weighted by atomic mass is 10.1. The van der Waals surface area contributed by atoms with Crippen molar-refractivity contribution in [3.63, 3.8) is 0 Å². The minimum atomic E-state index is -1.08. The zero-order valence-electron chi connectivity index (χ0n) is 22.1. The van der Waals surface area contributed by atoms with Gasteiger partial charge in [-0.15, -0.1) is 0 Å². The number of hydrogen-bond acceptors (Lipinski definition) is 5. The van der Waals surface area contributed by atoms with E-state index in [0.717, 1.165) is 0 Å². The summed E-state index contributed by atoms with van der Waals surface area (Å²) < 4.78 is 18.3. The normalized spacial score (nSPS) is 10.7. The second kappa shape index (κ2) is 12.5. The number of amides is 2. The van der Waals surface area contributed by atoms with Gasteiger partial charge in [-0.05, 0) is 83.9 Å². The fourth-order valence-corrected chi connectivity index (χ4v) is 3.95. The molecule has 8 nitrogen and oxygen atoms in total. The maximum atomic E-state index is 13.5. The van der Waals surface area contributed by atoms with Gasteiger partial charge in [-0.25, -0.2) is 14.0 Å². The van der Waals surface area contributed by atoms with Gasteiger partial charge in [0, 0.05) is 23.9 Å². The predicted molar refractivity (Wildman–Crippen MR) is 154 cm³/mol. The van der Waals surface area contributed by atoms with Crippen molar-refractivity contribution in [2.45, 2.75) is 0 Å². The number of carboxylic acid groups (broad SMARTS) is 1. The summed E-state index contributed by atoms with van der Waals surface area (Å²) in [6, 6.07) is 22.7. The second-order valence-corrected chi connectivity index (χ2v) is 8.93. The molecule has 206 valence electrons. The summed E-state index contributed by atoms with van der Waals surface area (Å²) in [5.74, 6) is -2.93. The van der Waals surface area contributed by atoms with Crippen LogP contribution in [0.1, 0.15) is 52.6 Å². The van der Waals surface area contributed by atoms with Gasteiger partial charge in [0.15, 0.2) is 0 Å². The number of benzene rings is 4. The fraction of sp³-hybridized carbons (Fsp3) is 0.0625. The van der Waals surface area contributed by atoms with Gasteiger partial charge in [0.05, 0.1) is 23.9 Å². The SMILES string of the molecule is COC(=O)c1cc(/C=C/c2cccc(F)c2)ccc1NC(=O)c1ccc(N(C)C(=O)c2ccc(C(=O)O)cc2)cc1. The predicted octanol–water partition coefficient (Wildman–Crippen LogP) is 6.01. The van der Waals surface area contributed by atoms with Crippen LogP contribution in [-0.4, -0.2) is 43.0 Å². The molecule has 9 heteroatoms. The third-order valence-electron chi connectivity index (χ3n) is 6.21. The number of halogens is 1. The van der Waals surface area contributed by atoms with Gasteiger partial charge in [0.2, 0.25) is 0 Å². The van der Waals surface area contributed by atoms with Crippen molar-refractivity contribution < 1.29 is 33.4 Å². The lowest BCUT2D eigenvalue weighted by Gasteiger charge is -2.18. The highest BCUT2D eigenvalue weighted by Gasteiger charge is 2.18. The Morgan fingerprint density at radius 3 is 2.02 bits per heavy atom. The standard InChI is InChI=1S/C32H25FN2O6/c1-35(30(37)23-9-11-24(12-10-23)31(38)39)26-15-13-22(14-16-26)29(36)34-28-17-8-21(19-27(28)32(40)41-2)7-6-20-4-3-5-25(33)18-20/h3-19H,1-2H3,(H,34,36)(H,38,39)/b7-6+. The van der Waals surface area contributed by atoms with Gasteiger partial charge < -0.3 is 20.1 Å². The molecule has 41 heavy (non-hydrogen) atoms. The van der Waals surface area contributed by atoms with Crippen LogP contribution in [0, 0.1) is 5.82 Å². The van der Waals surface area contributed by atoms with Crippen LogP contribution in [0.4, 0.5) is 15.8 Å². The van der Waals surface area contributed by atoms with E-state index in [1.807, 2.05) is 0 Å². The smallest absolute Gasteiger partial charge is 0.339 e. The van der Waals surface area contributed by atoms with Crippen molar-refractivity contribution in [3.8, 4) is 0 Å². The number of anilines is 2. The molecule has 0 spiro atoms. The summed E-state index contributed by atoms with van der Waals surface area (Å²) in [4.78, 5) is 50.7. The first kappa shape index (κ1) is 28.4. The van der Waals surface area contributed by atoms with Crippen molar-refractivity contribution in [1.82, 2.24) is 0 Å². The fourth-order valence-electron chi connectivity index (χ4n) is 3.95. The first-order valence-electron chi connectivity index (χ1n) is 12.3. The van der Waals surface area contributed by atoms with Crippen LogP contribution >= 0.6 is 0 Å². The Morgan fingerprint density at radius 2 is 1.41 bits per heavy atom. The summed E-state index contributed by atoms with van der Waals surface area (Å²) in [7, 11) is 2.80. The topological polar surface area (TPSA) is 113 Å². The molecular formula is C32H25FN2O6. The van der Waals surface area contributed by atoms with Gasteiger partial charge in [0.25, 0.3) is 11.8 Å². The molecular weight excluding hydrogens is 527 g/mol. The number of ether oxygens (including phenoxy) is 1. The van der Waals surface area contributed by atoms with Crippen LogP contribution in [0.2, 0.25) is 0 Å². The third-order valence-corrected chi connectivity index (χ3v) is 6.21. The molecule has 0 atom stereocenters. The lowest BCUT2D eigenvalue weighted by Crippen LogP contribution is -2.26. The van der Waals surface area contributed by atoms with E-state index in [0.29, 0.717) is 22.4 Å². The van der Waals surface area contributed by atoms with E-state index in [1.165, 1.54) is 60.5 Å². The quantitative estimate of drug-likeness (QED) is 0.205. The van der Waals surface area contributed by atoms with Crippen molar-refractivity contribution in [2.75, 3.05) is 24.4 Å². The molecule has 4 aromatic carbocycles. The Morgan fingerprint density at radius 1 is 0.805 bits per heavy atom. The lowest BCUT2D eigenvalue weighted by molar-refractivity contribution is 0.0600. The van der Waals surface area contributed by atoms with Gasteiger partial charge in [-0.1, -0.05) is 30.4 Å². The molecule has 0 aliphatic carbocycles. The summed E-state index contributed by atoms with van der Waals surface area (Å²) in [6.45, 7) is 0. The number of carbonyl (C=O) groups is 4. The number of carboxylic acids is 1. The van der Waals surface area contributed by atoms with Crippen LogP contribution in [0.15, 0.2) is 91.0 Å². The average Bonchev–Trinajstić information content (AvgIpc) is 2.99. The molecule has 0 heterocycles. The molecule has 0 radical (unpaired) electrons. The summed E-state index contributed by atoms with van der Waals surface area (Å²) in [6.07, 6.45) is 3.41. The summed E-state index contributed by atoms with van der Waals surface area (Å²) in [5, 5.41) is 11.8. The van der Waals surface area contributed by atoms with Crippen LogP contribution in [0.3, 0.4) is 0 Å². The molecule has 0 fully saturated rings. The van der Waals surface area contributed by atoms with Gasteiger partial charge in [-0.3, -0.25) is 9.59 Å². The number of nitrogens with zero attached hydrogens (tertiary/aromatic N) is 1. The zero-order chi connectivity index (χ0) is 29.5. The Kier molecular flexibility index (Phi) is 8.69. The zero-order valence-corrected chi connectivity index (χ0v) is 22.1. The highest BCUT2D eigenvalue weighted by Crippen LogP contribution is 2.23. The van der Waals surface area contributed by atoms with E-state index in [9.17, 15) is 23.6 Å². The van der Waals surface area contributed by atoms with E-state index in [4.69, 9.17) is 9.84 Å². The largest absolute Gasteiger partial charge is 0.478 e. The number of nitrogens with one attached hydrogen (secondary N) is 1. The highest BCUT2D eigenvalue weighted by molar-refractivity contribution is 6.09. The minimum absolute atomic E-state index is 0.0740. The van der Waals surface area contributed by atoms with Gasteiger partial charge >= 0.3 is 11.9 Å². The molecule has 0 saturated heterocycles. The number of esters is 1. The monoisotopic (exact) mass is 552 g/mol. The first-order valence-corrected chi connectivity index (χ1v) is 12.3. The van der Waals surface area contributed by atoms with Crippen LogP contribution in [0.5, 0.6) is 0 Å². The van der Waals surface area contributed by atoms with Crippen molar-refractivity contribution >= 4 is 47.3 Å². The van der Waals surface area contributed by atoms with E-state index < -0.39 is 17.8 Å². The first-order chi connectivity index (χ1) is 19.7. The molecule has 0 aromatic heterocycles. The maximum Gasteiger partial charge on any atom is 0.339 e. The number of carbonyl (C=O) groups excluding carboxylic acids is 3. The van der Waals surface area contributed by atoms with Crippen LogP contribution in [-0.2, 0) is 4.74 Å². The van der Waals surface area contributed by atoms with Crippen LogP contribution < -0.4 is 10.2 Å². The molecule has 0 aliphatic rings. The number of hydrogen-bond donors (Lipinski definition) is 2. The van der Waals surface area contributed by atoms with E-state index in [-0.39, 0.29) is 34.1 Å². The summed E-state index contributed by atoms with van der Waals surface area (Å²) >= 11 is 0.